The minimum absolute atomic E-state index is 0.140. The van der Waals surface area contributed by atoms with Crippen molar-refractivity contribution in [2.24, 2.45) is 0 Å². The minimum Gasteiger partial charge on any atom is -0.348 e. The summed E-state index contributed by atoms with van der Waals surface area (Å²) in [5.41, 5.74) is 0.296. The number of ketones is 1. The van der Waals surface area contributed by atoms with Gasteiger partial charge >= 0.3 is 0 Å². The van der Waals surface area contributed by atoms with Crippen molar-refractivity contribution in [2.75, 3.05) is 12.4 Å². The van der Waals surface area contributed by atoms with Crippen LogP contribution in [0.4, 0.5) is 0 Å². The monoisotopic (exact) mass is 293 g/mol. The highest BCUT2D eigenvalue weighted by Crippen LogP contribution is 2.04. The molecule has 0 fully saturated rings. The van der Waals surface area contributed by atoms with Gasteiger partial charge in [0.05, 0.1) is 30.3 Å². The number of nitrogens with zero attached hydrogens (tertiary/aromatic N) is 2. The van der Waals surface area contributed by atoms with Crippen LogP contribution in [-0.2, 0) is 16.1 Å². The molecule has 1 aromatic heterocycles. The molecule has 1 N–H and O–H groups in total. The molecule has 0 atom stereocenters. The lowest BCUT2D eigenvalue weighted by molar-refractivity contribution is -0.124. The van der Waals surface area contributed by atoms with Gasteiger partial charge in [-0.2, -0.15) is 0 Å². The molecule has 6 nitrogen and oxygen atoms in total. The number of carbonyl (C=O) groups excluding carboxylic acids is 2. The molecule has 20 heavy (non-hydrogen) atoms. The molecule has 1 amide bonds. The average molecular weight is 294 g/mol. The van der Waals surface area contributed by atoms with E-state index in [0.29, 0.717) is 10.9 Å². The number of hydrogen-bond acceptors (Lipinski definition) is 4. The fraction of sp³-hybridized carbons (Fsp3) is 0.231. The number of halogens is 1. The summed E-state index contributed by atoms with van der Waals surface area (Å²) in [6, 6.07) is 6.90. The van der Waals surface area contributed by atoms with Gasteiger partial charge in [0, 0.05) is 0 Å². The van der Waals surface area contributed by atoms with Gasteiger partial charge in [-0.25, -0.2) is 4.98 Å². The van der Waals surface area contributed by atoms with Crippen molar-refractivity contribution in [3.05, 3.63) is 40.9 Å². The lowest BCUT2D eigenvalue weighted by Gasteiger charge is -2.06. The van der Waals surface area contributed by atoms with E-state index in [0.717, 1.165) is 0 Å². The molecule has 2 rings (SSSR count). The molecule has 0 aliphatic rings. The highest BCUT2D eigenvalue weighted by Gasteiger charge is 2.09. The Labute approximate surface area is 119 Å². The summed E-state index contributed by atoms with van der Waals surface area (Å²) in [5.74, 6) is -0.934. The molecule has 0 saturated heterocycles. The van der Waals surface area contributed by atoms with Gasteiger partial charge < -0.3 is 5.32 Å². The number of Topliss-reactive ketones (excluding diaryl/α,β-unsaturated/α-hetero) is 1. The summed E-state index contributed by atoms with van der Waals surface area (Å²) < 4.78 is 1.22. The topological polar surface area (TPSA) is 81.1 Å². The first-order chi connectivity index (χ1) is 9.61. The van der Waals surface area contributed by atoms with Gasteiger partial charge in [0.1, 0.15) is 5.88 Å². The molecule has 0 unspecified atom stereocenters. The highest BCUT2D eigenvalue weighted by molar-refractivity contribution is 6.27. The zero-order valence-corrected chi connectivity index (χ0v) is 11.3. The van der Waals surface area contributed by atoms with Gasteiger partial charge in [-0.05, 0) is 12.1 Å². The van der Waals surface area contributed by atoms with E-state index < -0.39 is 5.91 Å². The zero-order valence-electron chi connectivity index (χ0n) is 10.5. The van der Waals surface area contributed by atoms with Gasteiger partial charge in [-0.15, -0.1) is 11.6 Å². The molecule has 0 radical (unpaired) electrons. The van der Waals surface area contributed by atoms with Crippen molar-refractivity contribution >= 4 is 34.2 Å². The second-order valence-corrected chi connectivity index (χ2v) is 4.41. The predicted octanol–water partition coefficient (Wildman–Crippen LogP) is 0.321. The first kappa shape index (κ1) is 14.2. The molecule has 0 aliphatic heterocycles. The van der Waals surface area contributed by atoms with Gasteiger partial charge in [0.15, 0.2) is 5.78 Å². The van der Waals surface area contributed by atoms with Crippen molar-refractivity contribution < 1.29 is 9.59 Å². The summed E-state index contributed by atoms with van der Waals surface area (Å²) >= 11 is 5.30. The van der Waals surface area contributed by atoms with Crippen molar-refractivity contribution in [2.45, 2.75) is 6.54 Å². The molecule has 0 bridgehead atoms. The molecule has 104 valence electrons. The quantitative estimate of drug-likeness (QED) is 0.805. The third-order valence-corrected chi connectivity index (χ3v) is 2.93. The van der Waals surface area contributed by atoms with E-state index in [1.165, 1.54) is 10.9 Å². The molecule has 2 aromatic rings. The van der Waals surface area contributed by atoms with Crippen LogP contribution in [0.25, 0.3) is 10.9 Å². The standard InChI is InChI=1S/C13H12ClN3O3/c14-5-12(19)15-6-9(18)7-17-8-16-11-4-2-1-3-10(11)13(17)20/h1-4,8H,5-7H2,(H,15,19). The van der Waals surface area contributed by atoms with Gasteiger partial charge in [-0.1, -0.05) is 12.1 Å². The fourth-order valence-corrected chi connectivity index (χ4v) is 1.80. The number of rotatable bonds is 5. The number of carbonyl (C=O) groups is 2. The summed E-state index contributed by atoms with van der Waals surface area (Å²) in [6.07, 6.45) is 1.33. The Kier molecular flexibility index (Phi) is 4.47. The SMILES string of the molecule is O=C(CNC(=O)CCl)Cn1cnc2ccccc2c1=O. The third kappa shape index (κ3) is 3.21. The number of nitrogens with one attached hydrogen (secondary N) is 1. The van der Waals surface area contributed by atoms with Crippen LogP contribution in [-0.4, -0.2) is 33.7 Å². The maximum atomic E-state index is 12.1. The van der Waals surface area contributed by atoms with E-state index in [-0.39, 0.29) is 30.3 Å². The second-order valence-electron chi connectivity index (χ2n) is 4.14. The molecule has 7 heteroatoms. The van der Waals surface area contributed by atoms with Crippen LogP contribution < -0.4 is 10.9 Å². The van der Waals surface area contributed by atoms with E-state index in [2.05, 4.69) is 10.3 Å². The molecule has 1 aromatic carbocycles. The van der Waals surface area contributed by atoms with Crippen molar-refractivity contribution in [3.63, 3.8) is 0 Å². The number of aromatic nitrogens is 2. The summed E-state index contributed by atoms with van der Waals surface area (Å²) in [5, 5.41) is 2.80. The van der Waals surface area contributed by atoms with Crippen molar-refractivity contribution in [3.8, 4) is 0 Å². The Morgan fingerprint density at radius 3 is 2.80 bits per heavy atom. The van der Waals surface area contributed by atoms with Crippen LogP contribution in [0.1, 0.15) is 0 Å². The van der Waals surface area contributed by atoms with Crippen LogP contribution in [0.2, 0.25) is 0 Å². The van der Waals surface area contributed by atoms with E-state index >= 15 is 0 Å². The minimum atomic E-state index is -0.427. The number of alkyl halides is 1. The Bertz CT molecular complexity index is 711. The largest absolute Gasteiger partial charge is 0.348 e. The fourth-order valence-electron chi connectivity index (χ4n) is 1.71. The lowest BCUT2D eigenvalue weighted by Crippen LogP contribution is -2.34. The Morgan fingerprint density at radius 1 is 1.30 bits per heavy atom. The molecule has 0 aliphatic carbocycles. The van der Waals surface area contributed by atoms with Crippen LogP contribution in [0, 0.1) is 0 Å². The van der Waals surface area contributed by atoms with Crippen LogP contribution in [0.15, 0.2) is 35.4 Å². The number of benzene rings is 1. The lowest BCUT2D eigenvalue weighted by atomic mass is 10.2. The first-order valence-corrected chi connectivity index (χ1v) is 6.44. The second kappa shape index (κ2) is 6.29. The third-order valence-electron chi connectivity index (χ3n) is 2.68. The molecule has 0 spiro atoms. The van der Waals surface area contributed by atoms with E-state index in [1.807, 2.05) is 0 Å². The predicted molar refractivity (Wildman–Crippen MR) is 74.7 cm³/mol. The van der Waals surface area contributed by atoms with Gasteiger partial charge in [0.25, 0.3) is 5.56 Å². The number of para-hydroxylation sites is 1. The maximum Gasteiger partial charge on any atom is 0.261 e. The number of amides is 1. The summed E-state index contributed by atoms with van der Waals surface area (Å²) in [4.78, 5) is 38.8. The summed E-state index contributed by atoms with van der Waals surface area (Å²) in [7, 11) is 0. The smallest absolute Gasteiger partial charge is 0.261 e. The van der Waals surface area contributed by atoms with E-state index in [4.69, 9.17) is 11.6 Å². The highest BCUT2D eigenvalue weighted by atomic mass is 35.5. The Morgan fingerprint density at radius 2 is 2.05 bits per heavy atom. The van der Waals surface area contributed by atoms with Gasteiger partial charge in [0.2, 0.25) is 5.91 Å². The van der Waals surface area contributed by atoms with Gasteiger partial charge in [-0.3, -0.25) is 19.0 Å². The van der Waals surface area contributed by atoms with E-state index in [1.54, 1.807) is 24.3 Å². The molecule has 0 saturated carbocycles. The van der Waals surface area contributed by atoms with Crippen LogP contribution in [0.5, 0.6) is 0 Å². The van der Waals surface area contributed by atoms with Crippen molar-refractivity contribution in [1.29, 1.82) is 0 Å². The average Bonchev–Trinajstić information content (AvgIpc) is 2.48. The Balaban J connectivity index is 2.14. The molecular weight excluding hydrogens is 282 g/mol. The van der Waals surface area contributed by atoms with Crippen molar-refractivity contribution in [1.82, 2.24) is 14.9 Å². The molecule has 1 heterocycles. The Hall–Kier alpha value is -2.21. The summed E-state index contributed by atoms with van der Waals surface area (Å²) in [6.45, 7) is -0.302. The van der Waals surface area contributed by atoms with Crippen LogP contribution in [0.3, 0.4) is 0 Å². The number of hydrogen-bond donors (Lipinski definition) is 1. The first-order valence-electron chi connectivity index (χ1n) is 5.90. The van der Waals surface area contributed by atoms with E-state index in [9.17, 15) is 14.4 Å². The maximum absolute atomic E-state index is 12.1. The molecular formula is C13H12ClN3O3. The number of fused-ring (bicyclic) bond motifs is 1. The normalized spacial score (nSPS) is 10.4. The van der Waals surface area contributed by atoms with Crippen LogP contribution >= 0.6 is 11.6 Å². The zero-order chi connectivity index (χ0) is 14.5.